The molecule has 0 saturated carbocycles. The Bertz CT molecular complexity index is 850. The molecule has 1 fully saturated rings. The van der Waals surface area contributed by atoms with Crippen LogP contribution in [0.4, 0.5) is 4.39 Å². The number of rotatable bonds is 6. The molecule has 6 heteroatoms. The van der Waals surface area contributed by atoms with E-state index in [0.717, 1.165) is 55.2 Å². The van der Waals surface area contributed by atoms with Gasteiger partial charge in [0.1, 0.15) is 10.8 Å². The van der Waals surface area contributed by atoms with Crippen molar-refractivity contribution >= 4 is 21.6 Å². The summed E-state index contributed by atoms with van der Waals surface area (Å²) in [4.78, 5) is 9.58. The zero-order valence-corrected chi connectivity index (χ0v) is 16.0. The van der Waals surface area contributed by atoms with Crippen LogP contribution in [0.3, 0.4) is 0 Å². The lowest BCUT2D eigenvalue weighted by molar-refractivity contribution is 0.0499. The van der Waals surface area contributed by atoms with Crippen molar-refractivity contribution in [2.24, 2.45) is 0 Å². The highest BCUT2D eigenvalue weighted by Crippen LogP contribution is 2.24. The summed E-state index contributed by atoms with van der Waals surface area (Å²) >= 11 is 1.76. The number of thiazole rings is 1. The van der Waals surface area contributed by atoms with Gasteiger partial charge in [-0.25, -0.2) is 9.37 Å². The monoisotopic (exact) mass is 385 g/mol. The number of hydrogen-bond acceptors (Lipinski definition) is 5. The molecule has 3 aromatic rings. The van der Waals surface area contributed by atoms with Gasteiger partial charge in [0.2, 0.25) is 0 Å². The summed E-state index contributed by atoms with van der Waals surface area (Å²) in [5, 5.41) is 10.6. The van der Waals surface area contributed by atoms with Gasteiger partial charge < -0.3 is 5.11 Å². The van der Waals surface area contributed by atoms with E-state index >= 15 is 0 Å². The van der Waals surface area contributed by atoms with Gasteiger partial charge in [0.15, 0.2) is 0 Å². The minimum Gasteiger partial charge on any atom is -0.396 e. The fourth-order valence-corrected chi connectivity index (χ4v) is 4.74. The van der Waals surface area contributed by atoms with Gasteiger partial charge in [0, 0.05) is 38.8 Å². The van der Waals surface area contributed by atoms with Crippen LogP contribution in [0.5, 0.6) is 0 Å². The average Bonchev–Trinajstić information content (AvgIpc) is 3.08. The van der Waals surface area contributed by atoms with Crippen LogP contribution in [0.15, 0.2) is 48.5 Å². The minimum absolute atomic E-state index is 0.180. The molecule has 1 aliphatic rings. The third-order valence-corrected chi connectivity index (χ3v) is 6.17. The summed E-state index contributed by atoms with van der Waals surface area (Å²) in [6.45, 7) is 4.65. The third-order valence-electron chi connectivity index (χ3n) is 5.15. The lowest BCUT2D eigenvalue weighted by Crippen LogP contribution is -2.52. The lowest BCUT2D eigenvalue weighted by Gasteiger charge is -2.41. The number of para-hydroxylation sites is 1. The van der Waals surface area contributed by atoms with Gasteiger partial charge in [-0.3, -0.25) is 9.80 Å². The number of hydrogen-bond donors (Lipinski definition) is 1. The molecule has 2 heterocycles. The summed E-state index contributed by atoms with van der Waals surface area (Å²) in [5.41, 5.74) is 2.18. The first kappa shape index (κ1) is 18.5. The van der Waals surface area contributed by atoms with Crippen LogP contribution >= 0.6 is 11.3 Å². The molecular formula is C21H24FN3OS. The zero-order chi connectivity index (χ0) is 18.6. The second-order valence-electron chi connectivity index (χ2n) is 7.07. The van der Waals surface area contributed by atoms with Gasteiger partial charge in [0.25, 0.3) is 0 Å². The van der Waals surface area contributed by atoms with Crippen molar-refractivity contribution in [3.63, 3.8) is 0 Å². The van der Waals surface area contributed by atoms with E-state index < -0.39 is 0 Å². The molecule has 1 aromatic heterocycles. The molecule has 1 unspecified atom stereocenters. The number of aromatic nitrogens is 1. The van der Waals surface area contributed by atoms with E-state index in [1.165, 1.54) is 16.8 Å². The highest BCUT2D eigenvalue weighted by Gasteiger charge is 2.27. The number of benzene rings is 2. The van der Waals surface area contributed by atoms with E-state index in [4.69, 9.17) is 4.98 Å². The van der Waals surface area contributed by atoms with Crippen molar-refractivity contribution in [2.75, 3.05) is 26.2 Å². The van der Waals surface area contributed by atoms with Crippen molar-refractivity contribution in [3.8, 4) is 0 Å². The fraction of sp³-hybridized carbons (Fsp3) is 0.381. The van der Waals surface area contributed by atoms with Crippen LogP contribution in [-0.2, 0) is 13.1 Å². The van der Waals surface area contributed by atoms with Crippen molar-refractivity contribution in [1.29, 1.82) is 0 Å². The van der Waals surface area contributed by atoms with Crippen LogP contribution in [0, 0.1) is 5.82 Å². The van der Waals surface area contributed by atoms with Gasteiger partial charge in [-0.15, -0.1) is 11.3 Å². The minimum atomic E-state index is -0.202. The Balaban J connectivity index is 1.41. The van der Waals surface area contributed by atoms with Gasteiger partial charge in [-0.05, 0) is 36.2 Å². The molecule has 0 bridgehead atoms. The number of halogens is 1. The second-order valence-corrected chi connectivity index (χ2v) is 8.19. The van der Waals surface area contributed by atoms with Crippen LogP contribution in [0.1, 0.15) is 17.0 Å². The molecule has 27 heavy (non-hydrogen) atoms. The first-order chi connectivity index (χ1) is 13.2. The highest BCUT2D eigenvalue weighted by molar-refractivity contribution is 7.18. The van der Waals surface area contributed by atoms with E-state index in [-0.39, 0.29) is 12.4 Å². The molecule has 0 radical (unpaired) electrons. The van der Waals surface area contributed by atoms with E-state index in [1.54, 1.807) is 11.3 Å². The van der Waals surface area contributed by atoms with Crippen LogP contribution in [0.2, 0.25) is 0 Å². The topological polar surface area (TPSA) is 39.6 Å². The van der Waals surface area contributed by atoms with Crippen molar-refractivity contribution < 1.29 is 9.50 Å². The van der Waals surface area contributed by atoms with Crippen molar-refractivity contribution in [3.05, 3.63) is 64.9 Å². The number of fused-ring (bicyclic) bond motifs is 1. The van der Waals surface area contributed by atoms with Crippen LogP contribution in [-0.4, -0.2) is 52.2 Å². The summed E-state index contributed by atoms with van der Waals surface area (Å²) < 4.78 is 14.4. The maximum Gasteiger partial charge on any atom is 0.123 e. The average molecular weight is 386 g/mol. The van der Waals surface area contributed by atoms with Crippen LogP contribution < -0.4 is 0 Å². The molecule has 0 amide bonds. The van der Waals surface area contributed by atoms with Crippen molar-refractivity contribution in [1.82, 2.24) is 14.8 Å². The molecule has 0 aliphatic carbocycles. The first-order valence-electron chi connectivity index (χ1n) is 9.37. The predicted octanol–water partition coefficient (Wildman–Crippen LogP) is 3.50. The molecular weight excluding hydrogens is 361 g/mol. The molecule has 4 rings (SSSR count). The van der Waals surface area contributed by atoms with E-state index in [9.17, 15) is 9.50 Å². The number of nitrogens with zero attached hydrogens (tertiary/aromatic N) is 3. The third kappa shape index (κ3) is 4.52. The predicted molar refractivity (Wildman–Crippen MR) is 107 cm³/mol. The standard InChI is InChI=1S/C21H24FN3OS/c22-17-7-5-16(6-8-17)13-25-11-10-24(14-18(25)9-12-26)15-21-23-19-3-1-2-4-20(19)27-21/h1-8,18,26H,9-15H2. The largest absolute Gasteiger partial charge is 0.396 e. The number of aliphatic hydroxyl groups is 1. The fourth-order valence-electron chi connectivity index (χ4n) is 3.74. The maximum atomic E-state index is 13.1. The highest BCUT2D eigenvalue weighted by atomic mass is 32.1. The Morgan fingerprint density at radius 1 is 1.07 bits per heavy atom. The maximum absolute atomic E-state index is 13.1. The smallest absolute Gasteiger partial charge is 0.123 e. The quantitative estimate of drug-likeness (QED) is 0.705. The van der Waals surface area contributed by atoms with Gasteiger partial charge in [-0.1, -0.05) is 24.3 Å². The van der Waals surface area contributed by atoms with Gasteiger partial charge >= 0.3 is 0 Å². The molecule has 0 spiro atoms. The van der Waals surface area contributed by atoms with E-state index in [1.807, 2.05) is 18.2 Å². The molecule has 1 N–H and O–H groups in total. The Morgan fingerprint density at radius 2 is 1.89 bits per heavy atom. The summed E-state index contributed by atoms with van der Waals surface area (Å²) in [6, 6.07) is 15.3. The Morgan fingerprint density at radius 3 is 2.67 bits per heavy atom. The first-order valence-corrected chi connectivity index (χ1v) is 10.2. The second kappa shape index (κ2) is 8.44. The Hall–Kier alpha value is -1.86. The normalized spacial score (nSPS) is 19.0. The van der Waals surface area contributed by atoms with Crippen molar-refractivity contribution in [2.45, 2.75) is 25.6 Å². The van der Waals surface area contributed by atoms with Gasteiger partial charge in [0.05, 0.1) is 16.8 Å². The Kier molecular flexibility index (Phi) is 5.78. The SMILES string of the molecule is OCCC1CN(Cc2nc3ccccc3s2)CCN1Cc1ccc(F)cc1. The van der Waals surface area contributed by atoms with E-state index in [2.05, 4.69) is 28.0 Å². The molecule has 1 saturated heterocycles. The number of piperazine rings is 1. The molecule has 4 nitrogen and oxygen atoms in total. The summed E-state index contributed by atoms with van der Waals surface area (Å²) in [5.74, 6) is -0.202. The Labute approximate surface area is 162 Å². The van der Waals surface area contributed by atoms with E-state index in [0.29, 0.717) is 6.04 Å². The van der Waals surface area contributed by atoms with Gasteiger partial charge in [-0.2, -0.15) is 0 Å². The molecule has 2 aromatic carbocycles. The molecule has 142 valence electrons. The molecule has 1 atom stereocenters. The van der Waals surface area contributed by atoms with Crippen LogP contribution in [0.25, 0.3) is 10.2 Å². The molecule has 1 aliphatic heterocycles. The summed E-state index contributed by atoms with van der Waals surface area (Å²) in [6.07, 6.45) is 0.748. The number of aliphatic hydroxyl groups excluding tert-OH is 1. The lowest BCUT2D eigenvalue weighted by atomic mass is 10.1. The zero-order valence-electron chi connectivity index (χ0n) is 15.2. The summed E-state index contributed by atoms with van der Waals surface area (Å²) in [7, 11) is 0.